The van der Waals surface area contributed by atoms with Crippen LogP contribution in [0.5, 0.6) is 0 Å². The Morgan fingerprint density at radius 3 is 3.20 bits per heavy atom. The highest BCUT2D eigenvalue weighted by atomic mass is 16.5. The van der Waals surface area contributed by atoms with E-state index >= 15 is 0 Å². The lowest BCUT2D eigenvalue weighted by molar-refractivity contribution is -0.124. The van der Waals surface area contributed by atoms with Gasteiger partial charge in [0.2, 0.25) is 0 Å². The van der Waals surface area contributed by atoms with Gasteiger partial charge in [-0.25, -0.2) is 0 Å². The van der Waals surface area contributed by atoms with Gasteiger partial charge in [-0.15, -0.1) is 0 Å². The number of aldehydes is 1. The first kappa shape index (κ1) is 9.16. The average molecular weight is 206 g/mol. The summed E-state index contributed by atoms with van der Waals surface area (Å²) in [7, 11) is 0. The third kappa shape index (κ3) is 1.26. The van der Waals surface area contributed by atoms with Crippen molar-refractivity contribution in [3.05, 3.63) is 23.7 Å². The van der Waals surface area contributed by atoms with Crippen molar-refractivity contribution in [3.63, 3.8) is 0 Å². The third-order valence-electron chi connectivity index (χ3n) is 3.58. The van der Waals surface area contributed by atoms with E-state index in [4.69, 9.17) is 9.15 Å². The Kier molecular flexibility index (Phi) is 1.96. The van der Waals surface area contributed by atoms with Gasteiger partial charge in [-0.05, 0) is 31.7 Å². The van der Waals surface area contributed by atoms with E-state index in [1.165, 1.54) is 5.56 Å². The highest BCUT2D eigenvalue weighted by Gasteiger charge is 2.45. The number of fused-ring (bicyclic) bond motifs is 2. The first-order valence-electron chi connectivity index (χ1n) is 5.54. The van der Waals surface area contributed by atoms with Crippen LogP contribution in [0.3, 0.4) is 0 Å². The summed E-state index contributed by atoms with van der Waals surface area (Å²) in [4.78, 5) is 10.7. The molecule has 0 N–H and O–H groups in total. The van der Waals surface area contributed by atoms with E-state index in [1.54, 1.807) is 6.26 Å². The highest BCUT2D eigenvalue weighted by Crippen LogP contribution is 2.47. The fourth-order valence-electron chi connectivity index (χ4n) is 2.87. The molecule has 2 heterocycles. The molecule has 1 aliphatic heterocycles. The number of hydrogen-bond donors (Lipinski definition) is 0. The van der Waals surface area contributed by atoms with Crippen LogP contribution in [0.15, 0.2) is 16.7 Å². The van der Waals surface area contributed by atoms with Crippen LogP contribution in [0.1, 0.15) is 37.0 Å². The molecule has 0 aromatic carbocycles. The molecule has 80 valence electrons. The molecule has 3 heteroatoms. The number of ether oxygens (including phenoxy) is 1. The number of aryl methyl sites for hydroxylation is 1. The van der Waals surface area contributed by atoms with Crippen LogP contribution < -0.4 is 0 Å². The molecule has 2 aliphatic rings. The fraction of sp³-hybridized carbons (Fsp3) is 0.583. The molecule has 3 rings (SSSR count). The maximum atomic E-state index is 10.7. The summed E-state index contributed by atoms with van der Waals surface area (Å²) in [6.45, 7) is 0. The molecule has 1 spiro atoms. The molecule has 0 bridgehead atoms. The Hall–Kier alpha value is -1.09. The minimum Gasteiger partial charge on any atom is -0.469 e. The van der Waals surface area contributed by atoms with Crippen molar-refractivity contribution >= 4 is 6.29 Å². The lowest BCUT2D eigenvalue weighted by Gasteiger charge is -2.32. The van der Waals surface area contributed by atoms with Crippen LogP contribution in [0.25, 0.3) is 0 Å². The summed E-state index contributed by atoms with van der Waals surface area (Å²) in [6, 6.07) is 2.00. The monoisotopic (exact) mass is 206 g/mol. The third-order valence-corrected chi connectivity index (χ3v) is 3.58. The van der Waals surface area contributed by atoms with Crippen molar-refractivity contribution in [1.29, 1.82) is 0 Å². The number of carbonyl (C=O) groups excluding carboxylic acids is 1. The van der Waals surface area contributed by atoms with Crippen molar-refractivity contribution in [2.75, 3.05) is 0 Å². The van der Waals surface area contributed by atoms with Gasteiger partial charge in [-0.1, -0.05) is 0 Å². The largest absolute Gasteiger partial charge is 0.469 e. The molecule has 0 saturated carbocycles. The number of rotatable bonds is 1. The van der Waals surface area contributed by atoms with E-state index < -0.39 is 0 Å². The molecule has 2 atom stereocenters. The van der Waals surface area contributed by atoms with Crippen LogP contribution in [0, 0.1) is 0 Å². The zero-order valence-electron chi connectivity index (χ0n) is 8.57. The molecule has 15 heavy (non-hydrogen) atoms. The Balaban J connectivity index is 1.98. The molecule has 0 amide bonds. The van der Waals surface area contributed by atoms with E-state index in [0.717, 1.165) is 44.2 Å². The zero-order valence-corrected chi connectivity index (χ0v) is 8.57. The molecule has 1 aliphatic carbocycles. The van der Waals surface area contributed by atoms with Gasteiger partial charge in [0.1, 0.15) is 18.2 Å². The smallest absolute Gasteiger partial charge is 0.148 e. The first-order valence-corrected chi connectivity index (χ1v) is 5.54. The van der Waals surface area contributed by atoms with Crippen LogP contribution in [0.2, 0.25) is 0 Å². The second-order valence-electron chi connectivity index (χ2n) is 4.44. The van der Waals surface area contributed by atoms with Crippen LogP contribution in [-0.4, -0.2) is 12.4 Å². The average Bonchev–Trinajstić information content (AvgIpc) is 2.86. The number of carbonyl (C=O) groups is 1. The van der Waals surface area contributed by atoms with Crippen molar-refractivity contribution in [1.82, 2.24) is 0 Å². The highest BCUT2D eigenvalue weighted by molar-refractivity contribution is 5.57. The Labute approximate surface area is 88.4 Å². The first-order chi connectivity index (χ1) is 7.34. The summed E-state index contributed by atoms with van der Waals surface area (Å²) in [5.41, 5.74) is 0.963. The lowest BCUT2D eigenvalue weighted by atomic mass is 9.81. The maximum absolute atomic E-state index is 10.7. The van der Waals surface area contributed by atoms with Crippen molar-refractivity contribution in [3.8, 4) is 0 Å². The summed E-state index contributed by atoms with van der Waals surface area (Å²) in [5.74, 6) is 1.05. The van der Waals surface area contributed by atoms with E-state index in [1.807, 2.05) is 6.07 Å². The summed E-state index contributed by atoms with van der Waals surface area (Å²) in [6.07, 6.45) is 7.33. The second kappa shape index (κ2) is 3.20. The van der Waals surface area contributed by atoms with Crippen LogP contribution >= 0.6 is 0 Å². The zero-order chi connectivity index (χ0) is 10.3. The fourth-order valence-corrected chi connectivity index (χ4v) is 2.87. The van der Waals surface area contributed by atoms with Crippen LogP contribution in [0.4, 0.5) is 0 Å². The maximum Gasteiger partial charge on any atom is 0.148 e. The molecule has 1 aromatic heterocycles. The predicted octanol–water partition coefficient (Wildman–Crippen LogP) is 2.19. The number of hydrogen-bond acceptors (Lipinski definition) is 3. The topological polar surface area (TPSA) is 39.4 Å². The molecule has 1 fully saturated rings. The van der Waals surface area contributed by atoms with Gasteiger partial charge in [0.15, 0.2) is 0 Å². The van der Waals surface area contributed by atoms with E-state index in [2.05, 4.69) is 0 Å². The summed E-state index contributed by atoms with van der Waals surface area (Å²) < 4.78 is 11.3. The van der Waals surface area contributed by atoms with Crippen molar-refractivity contribution in [2.24, 2.45) is 0 Å². The van der Waals surface area contributed by atoms with Crippen molar-refractivity contribution < 1.29 is 13.9 Å². The van der Waals surface area contributed by atoms with E-state index in [-0.39, 0.29) is 11.7 Å². The van der Waals surface area contributed by atoms with Gasteiger partial charge in [-0.3, -0.25) is 0 Å². The number of furan rings is 1. The van der Waals surface area contributed by atoms with Gasteiger partial charge < -0.3 is 13.9 Å². The van der Waals surface area contributed by atoms with E-state index in [9.17, 15) is 4.79 Å². The van der Waals surface area contributed by atoms with Gasteiger partial charge in [-0.2, -0.15) is 0 Å². The lowest BCUT2D eigenvalue weighted by Crippen LogP contribution is -2.30. The predicted molar refractivity (Wildman–Crippen MR) is 53.5 cm³/mol. The molecule has 1 saturated heterocycles. The quantitative estimate of drug-likeness (QED) is 0.661. The molecule has 0 radical (unpaired) electrons. The Bertz CT molecular complexity index is 382. The van der Waals surface area contributed by atoms with E-state index in [0.29, 0.717) is 0 Å². The molecule has 2 unspecified atom stereocenters. The molecule has 1 aromatic rings. The van der Waals surface area contributed by atoms with Gasteiger partial charge in [0, 0.05) is 12.0 Å². The SMILES string of the molecule is O=CC1CCC2(CCCc3occc32)O1. The van der Waals surface area contributed by atoms with Gasteiger partial charge >= 0.3 is 0 Å². The molecular formula is C12H14O3. The van der Waals surface area contributed by atoms with Crippen LogP contribution in [-0.2, 0) is 21.6 Å². The van der Waals surface area contributed by atoms with Crippen molar-refractivity contribution in [2.45, 2.75) is 43.8 Å². The Morgan fingerprint density at radius 2 is 2.40 bits per heavy atom. The molecular weight excluding hydrogens is 192 g/mol. The standard InChI is InChI=1S/C12H14O3/c13-8-9-3-6-12(15-9)5-1-2-11-10(12)4-7-14-11/h4,7-9H,1-3,5-6H2. The normalized spacial score (nSPS) is 34.3. The minimum atomic E-state index is -0.217. The summed E-state index contributed by atoms with van der Waals surface area (Å²) in [5, 5.41) is 0. The second-order valence-corrected chi connectivity index (χ2v) is 4.44. The minimum absolute atomic E-state index is 0.216. The molecule has 3 nitrogen and oxygen atoms in total. The Morgan fingerprint density at radius 1 is 1.47 bits per heavy atom. The summed E-state index contributed by atoms with van der Waals surface area (Å²) >= 11 is 0. The van der Waals surface area contributed by atoms with Gasteiger partial charge in [0.05, 0.1) is 11.9 Å². The van der Waals surface area contributed by atoms with Gasteiger partial charge in [0.25, 0.3) is 0 Å².